The van der Waals surface area contributed by atoms with Gasteiger partial charge >= 0.3 is 0 Å². The minimum absolute atomic E-state index is 0.00718. The molecule has 0 aliphatic carbocycles. The van der Waals surface area contributed by atoms with Gasteiger partial charge in [-0.25, -0.2) is 4.98 Å². The number of aromatic nitrogens is 1. The van der Waals surface area contributed by atoms with E-state index in [0.717, 1.165) is 18.2 Å². The van der Waals surface area contributed by atoms with Crippen molar-refractivity contribution in [2.24, 2.45) is 0 Å². The van der Waals surface area contributed by atoms with Gasteiger partial charge in [0.05, 0.1) is 7.11 Å². The first-order valence-electron chi connectivity index (χ1n) is 5.12. The lowest BCUT2D eigenvalue weighted by Crippen LogP contribution is -2.12. The molecule has 0 saturated heterocycles. The molecule has 0 radical (unpaired) electrons. The third-order valence-corrected chi connectivity index (χ3v) is 2.59. The SMILES string of the molecule is COc1ncccc1NC(=O)CCCCBr. The van der Waals surface area contributed by atoms with Crippen LogP contribution in [-0.4, -0.2) is 23.3 Å². The van der Waals surface area contributed by atoms with Crippen molar-refractivity contribution >= 4 is 27.5 Å². The number of methoxy groups -OCH3 is 1. The Balaban J connectivity index is 2.49. The number of unbranched alkanes of at least 4 members (excludes halogenated alkanes) is 1. The standard InChI is InChI=1S/C11H15BrN2O2/c1-16-11-9(5-4-8-13-11)14-10(15)6-2-3-7-12/h4-5,8H,2-3,6-7H2,1H3,(H,14,15). The van der Waals surface area contributed by atoms with E-state index in [2.05, 4.69) is 26.2 Å². The Hall–Kier alpha value is -1.10. The molecule has 4 nitrogen and oxygen atoms in total. The summed E-state index contributed by atoms with van der Waals surface area (Å²) in [5.41, 5.74) is 0.619. The van der Waals surface area contributed by atoms with E-state index in [1.54, 1.807) is 18.3 Å². The molecule has 88 valence electrons. The normalized spacial score (nSPS) is 9.88. The number of hydrogen-bond donors (Lipinski definition) is 1. The molecule has 0 saturated carbocycles. The van der Waals surface area contributed by atoms with Crippen molar-refractivity contribution in [2.75, 3.05) is 17.8 Å². The van der Waals surface area contributed by atoms with Gasteiger partial charge in [-0.2, -0.15) is 0 Å². The molecule has 0 aliphatic heterocycles. The number of nitrogens with one attached hydrogen (secondary N) is 1. The van der Waals surface area contributed by atoms with Crippen molar-refractivity contribution in [3.8, 4) is 5.88 Å². The molecule has 1 rings (SSSR count). The van der Waals surface area contributed by atoms with E-state index < -0.39 is 0 Å². The maximum atomic E-state index is 11.5. The van der Waals surface area contributed by atoms with Crippen LogP contribution in [0, 0.1) is 0 Å². The summed E-state index contributed by atoms with van der Waals surface area (Å²) in [6.07, 6.45) is 4.01. The van der Waals surface area contributed by atoms with Crippen LogP contribution in [0.15, 0.2) is 18.3 Å². The van der Waals surface area contributed by atoms with Crippen LogP contribution in [0.4, 0.5) is 5.69 Å². The van der Waals surface area contributed by atoms with Crippen LogP contribution < -0.4 is 10.1 Å². The zero-order chi connectivity index (χ0) is 11.8. The van der Waals surface area contributed by atoms with Gasteiger partial charge in [0, 0.05) is 17.9 Å². The van der Waals surface area contributed by atoms with Gasteiger partial charge in [-0.1, -0.05) is 15.9 Å². The quantitative estimate of drug-likeness (QED) is 0.646. The number of carbonyl (C=O) groups excluding carboxylic acids is 1. The summed E-state index contributed by atoms with van der Waals surface area (Å²) < 4.78 is 5.04. The van der Waals surface area contributed by atoms with Gasteiger partial charge in [0.25, 0.3) is 0 Å². The molecule has 1 aromatic heterocycles. The summed E-state index contributed by atoms with van der Waals surface area (Å²) in [5, 5.41) is 3.71. The minimum atomic E-state index is -0.00718. The van der Waals surface area contributed by atoms with Gasteiger partial charge < -0.3 is 10.1 Å². The van der Waals surface area contributed by atoms with E-state index in [-0.39, 0.29) is 5.91 Å². The fourth-order valence-electron chi connectivity index (χ4n) is 1.24. The van der Waals surface area contributed by atoms with E-state index in [0.29, 0.717) is 18.0 Å². The van der Waals surface area contributed by atoms with Crippen molar-refractivity contribution < 1.29 is 9.53 Å². The number of hydrogen-bond acceptors (Lipinski definition) is 3. The topological polar surface area (TPSA) is 51.2 Å². The van der Waals surface area contributed by atoms with Crippen LogP contribution in [0.25, 0.3) is 0 Å². The van der Waals surface area contributed by atoms with Crippen molar-refractivity contribution in [3.05, 3.63) is 18.3 Å². The van der Waals surface area contributed by atoms with Gasteiger partial charge in [0.2, 0.25) is 11.8 Å². The van der Waals surface area contributed by atoms with Crippen LogP contribution in [0.2, 0.25) is 0 Å². The van der Waals surface area contributed by atoms with E-state index in [1.807, 2.05) is 0 Å². The number of rotatable bonds is 6. The third-order valence-electron chi connectivity index (χ3n) is 2.03. The number of carbonyl (C=O) groups is 1. The molecular formula is C11H15BrN2O2. The summed E-state index contributed by atoms with van der Waals surface area (Å²) >= 11 is 3.33. The zero-order valence-corrected chi connectivity index (χ0v) is 10.8. The van der Waals surface area contributed by atoms with Crippen LogP contribution in [-0.2, 0) is 4.79 Å². The molecule has 1 N–H and O–H groups in total. The number of ether oxygens (including phenoxy) is 1. The van der Waals surface area contributed by atoms with Gasteiger partial charge in [0.1, 0.15) is 5.69 Å². The Morgan fingerprint density at radius 2 is 2.38 bits per heavy atom. The molecule has 0 aliphatic rings. The van der Waals surface area contributed by atoms with Gasteiger partial charge in [-0.05, 0) is 25.0 Å². The van der Waals surface area contributed by atoms with Crippen molar-refractivity contribution in [1.29, 1.82) is 0 Å². The minimum Gasteiger partial charge on any atom is -0.480 e. The second-order valence-corrected chi connectivity index (χ2v) is 4.05. The first-order chi connectivity index (χ1) is 7.77. The molecule has 0 aromatic carbocycles. The van der Waals surface area contributed by atoms with Crippen molar-refractivity contribution in [3.63, 3.8) is 0 Å². The first-order valence-corrected chi connectivity index (χ1v) is 6.25. The lowest BCUT2D eigenvalue weighted by Gasteiger charge is -2.08. The largest absolute Gasteiger partial charge is 0.480 e. The van der Waals surface area contributed by atoms with Crippen molar-refractivity contribution in [1.82, 2.24) is 4.98 Å². The number of halogens is 1. The summed E-state index contributed by atoms with van der Waals surface area (Å²) in [7, 11) is 1.53. The number of anilines is 1. The number of pyridine rings is 1. The van der Waals surface area contributed by atoms with E-state index >= 15 is 0 Å². The predicted octanol–water partition coefficient (Wildman–Crippen LogP) is 2.59. The summed E-state index contributed by atoms with van der Waals surface area (Å²) in [4.78, 5) is 15.5. The molecule has 1 aromatic rings. The number of alkyl halides is 1. The van der Waals surface area contributed by atoms with Crippen LogP contribution in [0.1, 0.15) is 19.3 Å². The van der Waals surface area contributed by atoms with Gasteiger partial charge in [-0.3, -0.25) is 4.79 Å². The lowest BCUT2D eigenvalue weighted by molar-refractivity contribution is -0.116. The Morgan fingerprint density at radius 1 is 1.56 bits per heavy atom. The summed E-state index contributed by atoms with van der Waals surface area (Å²) in [6.45, 7) is 0. The highest BCUT2D eigenvalue weighted by atomic mass is 79.9. The molecule has 0 unspecified atom stereocenters. The lowest BCUT2D eigenvalue weighted by atomic mass is 10.2. The highest BCUT2D eigenvalue weighted by Crippen LogP contribution is 2.19. The predicted molar refractivity (Wildman–Crippen MR) is 67.1 cm³/mol. The van der Waals surface area contributed by atoms with Crippen LogP contribution in [0.5, 0.6) is 5.88 Å². The summed E-state index contributed by atoms with van der Waals surface area (Å²) in [5.74, 6) is 0.434. The summed E-state index contributed by atoms with van der Waals surface area (Å²) in [6, 6.07) is 3.53. The van der Waals surface area contributed by atoms with Crippen LogP contribution in [0.3, 0.4) is 0 Å². The monoisotopic (exact) mass is 286 g/mol. The average molecular weight is 287 g/mol. The van der Waals surface area contributed by atoms with E-state index in [9.17, 15) is 4.79 Å². The fourth-order valence-corrected chi connectivity index (χ4v) is 1.64. The zero-order valence-electron chi connectivity index (χ0n) is 9.20. The van der Waals surface area contributed by atoms with Gasteiger partial charge in [-0.15, -0.1) is 0 Å². The fraction of sp³-hybridized carbons (Fsp3) is 0.455. The highest BCUT2D eigenvalue weighted by Gasteiger charge is 2.07. The number of nitrogens with zero attached hydrogens (tertiary/aromatic N) is 1. The van der Waals surface area contributed by atoms with Crippen LogP contribution >= 0.6 is 15.9 Å². The first kappa shape index (κ1) is 13.0. The molecule has 1 heterocycles. The highest BCUT2D eigenvalue weighted by molar-refractivity contribution is 9.09. The van der Waals surface area contributed by atoms with E-state index in [4.69, 9.17) is 4.74 Å². The molecule has 0 spiro atoms. The molecule has 0 atom stereocenters. The Labute approximate surface area is 104 Å². The maximum Gasteiger partial charge on any atom is 0.237 e. The molecular weight excluding hydrogens is 272 g/mol. The average Bonchev–Trinajstić information content (AvgIpc) is 2.30. The Kier molecular flexibility index (Phi) is 5.85. The second kappa shape index (κ2) is 7.22. The second-order valence-electron chi connectivity index (χ2n) is 3.25. The van der Waals surface area contributed by atoms with E-state index in [1.165, 1.54) is 7.11 Å². The molecule has 0 fully saturated rings. The smallest absolute Gasteiger partial charge is 0.237 e. The molecule has 5 heteroatoms. The molecule has 16 heavy (non-hydrogen) atoms. The maximum absolute atomic E-state index is 11.5. The molecule has 0 bridgehead atoms. The Morgan fingerprint density at radius 3 is 3.06 bits per heavy atom. The van der Waals surface area contributed by atoms with Gasteiger partial charge in [0.15, 0.2) is 0 Å². The third kappa shape index (κ3) is 4.18. The number of amides is 1. The molecule has 1 amide bonds. The van der Waals surface area contributed by atoms with Crippen molar-refractivity contribution in [2.45, 2.75) is 19.3 Å². The Bertz CT molecular complexity index is 345.